The summed E-state index contributed by atoms with van der Waals surface area (Å²) in [5.74, 6) is 1.08. The molecule has 9 heavy (non-hydrogen) atoms. The van der Waals surface area contributed by atoms with Crippen LogP contribution >= 0.6 is 0 Å². The highest BCUT2D eigenvalue weighted by molar-refractivity contribution is 4.75. The van der Waals surface area contributed by atoms with E-state index in [-0.39, 0.29) is 6.10 Å². The van der Waals surface area contributed by atoms with Crippen molar-refractivity contribution in [3.8, 4) is 0 Å². The zero-order chi connectivity index (χ0) is 6.85. The predicted molar refractivity (Wildman–Crippen MR) is 36.7 cm³/mol. The zero-order valence-corrected chi connectivity index (χ0v) is 6.26. The maximum Gasteiger partial charge on any atom is 0.0958 e. The molecule has 0 amide bonds. The Morgan fingerprint density at radius 1 is 1.22 bits per heavy atom. The van der Waals surface area contributed by atoms with Gasteiger partial charge in [0.05, 0.1) is 6.10 Å². The van der Waals surface area contributed by atoms with E-state index in [1.165, 1.54) is 6.42 Å². The molecular weight excluding hydrogens is 112 g/mol. The molecule has 0 heterocycles. The Morgan fingerprint density at radius 3 is 2.33 bits per heavy atom. The molecule has 1 aliphatic rings. The van der Waals surface area contributed by atoms with Gasteiger partial charge < -0.3 is 0 Å². The van der Waals surface area contributed by atoms with Gasteiger partial charge in [0, 0.05) is 0 Å². The molecule has 0 bridgehead atoms. The van der Waals surface area contributed by atoms with Crippen molar-refractivity contribution in [2.75, 3.05) is 0 Å². The normalized spacial score (nSPS) is 45.0. The van der Waals surface area contributed by atoms with Crippen molar-refractivity contribution in [3.05, 3.63) is 0 Å². The lowest BCUT2D eigenvalue weighted by molar-refractivity contribution is -0.00701. The molecule has 1 nitrogen and oxygen atoms in total. The SMILES string of the molecule is CC1CCCC([O])C1C. The van der Waals surface area contributed by atoms with Crippen molar-refractivity contribution in [2.45, 2.75) is 39.2 Å². The van der Waals surface area contributed by atoms with Crippen LogP contribution in [-0.2, 0) is 5.11 Å². The van der Waals surface area contributed by atoms with Crippen LogP contribution in [-0.4, -0.2) is 6.10 Å². The fourth-order valence-corrected chi connectivity index (χ4v) is 1.53. The Balaban J connectivity index is 2.41. The molecule has 1 heteroatoms. The molecule has 0 N–H and O–H groups in total. The molecule has 1 saturated carbocycles. The summed E-state index contributed by atoms with van der Waals surface area (Å²) in [6.45, 7) is 4.27. The lowest BCUT2D eigenvalue weighted by atomic mass is 9.80. The molecule has 1 radical (unpaired) electrons. The molecular formula is C8H15O. The minimum atomic E-state index is -0.270. The molecule has 0 aromatic heterocycles. The Hall–Kier alpha value is -0.0400. The molecule has 1 rings (SSSR count). The summed E-state index contributed by atoms with van der Waals surface area (Å²) in [4.78, 5) is 0. The fraction of sp³-hybridized carbons (Fsp3) is 1.00. The highest BCUT2D eigenvalue weighted by Gasteiger charge is 2.25. The molecule has 0 aromatic rings. The molecule has 3 atom stereocenters. The van der Waals surface area contributed by atoms with E-state index in [4.69, 9.17) is 0 Å². The predicted octanol–water partition coefficient (Wildman–Crippen LogP) is 2.24. The van der Waals surface area contributed by atoms with Crippen molar-refractivity contribution in [1.29, 1.82) is 0 Å². The molecule has 0 spiro atoms. The van der Waals surface area contributed by atoms with Crippen LogP contribution in [0.4, 0.5) is 0 Å². The Morgan fingerprint density at radius 2 is 1.89 bits per heavy atom. The van der Waals surface area contributed by atoms with E-state index in [9.17, 15) is 5.11 Å². The summed E-state index contributed by atoms with van der Waals surface area (Å²) >= 11 is 0. The Kier molecular flexibility index (Phi) is 2.12. The second-order valence-electron chi connectivity index (χ2n) is 3.31. The van der Waals surface area contributed by atoms with E-state index in [2.05, 4.69) is 13.8 Å². The lowest BCUT2D eigenvalue weighted by Crippen LogP contribution is -2.27. The highest BCUT2D eigenvalue weighted by atomic mass is 16.3. The fourth-order valence-electron chi connectivity index (χ4n) is 1.53. The summed E-state index contributed by atoms with van der Waals surface area (Å²) in [7, 11) is 0. The van der Waals surface area contributed by atoms with E-state index in [1.54, 1.807) is 0 Å². The monoisotopic (exact) mass is 127 g/mol. The molecule has 0 aliphatic heterocycles. The smallest absolute Gasteiger partial charge is 0.0958 e. The quantitative estimate of drug-likeness (QED) is 0.475. The molecule has 0 saturated heterocycles. The molecule has 1 aliphatic carbocycles. The molecule has 0 aromatic carbocycles. The van der Waals surface area contributed by atoms with Crippen molar-refractivity contribution >= 4 is 0 Å². The van der Waals surface area contributed by atoms with E-state index >= 15 is 0 Å². The van der Waals surface area contributed by atoms with E-state index in [0.29, 0.717) is 11.8 Å². The van der Waals surface area contributed by atoms with Gasteiger partial charge in [0.1, 0.15) is 0 Å². The van der Waals surface area contributed by atoms with Crippen LogP contribution in [0.15, 0.2) is 0 Å². The maximum atomic E-state index is 11.1. The zero-order valence-electron chi connectivity index (χ0n) is 6.26. The topological polar surface area (TPSA) is 19.9 Å². The standard InChI is InChI=1S/C8H15O/c1-6-4-3-5-8(9)7(6)2/h6-8H,3-5H2,1-2H3. The first-order valence-electron chi connectivity index (χ1n) is 3.87. The van der Waals surface area contributed by atoms with Crippen LogP contribution in [0.1, 0.15) is 33.1 Å². The van der Waals surface area contributed by atoms with Crippen LogP contribution in [0.25, 0.3) is 0 Å². The first-order chi connectivity index (χ1) is 4.22. The van der Waals surface area contributed by atoms with Gasteiger partial charge in [-0.3, -0.25) is 0 Å². The summed E-state index contributed by atoms with van der Waals surface area (Å²) < 4.78 is 0. The summed E-state index contributed by atoms with van der Waals surface area (Å²) in [6, 6.07) is 0. The van der Waals surface area contributed by atoms with E-state index in [1.807, 2.05) is 0 Å². The van der Waals surface area contributed by atoms with Gasteiger partial charge in [-0.1, -0.05) is 26.7 Å². The van der Waals surface area contributed by atoms with Crippen molar-refractivity contribution in [3.63, 3.8) is 0 Å². The van der Waals surface area contributed by atoms with Crippen LogP contribution < -0.4 is 0 Å². The average molecular weight is 127 g/mol. The van der Waals surface area contributed by atoms with E-state index < -0.39 is 0 Å². The maximum absolute atomic E-state index is 11.1. The van der Waals surface area contributed by atoms with Crippen molar-refractivity contribution in [2.24, 2.45) is 11.8 Å². The van der Waals surface area contributed by atoms with Gasteiger partial charge >= 0.3 is 0 Å². The second kappa shape index (κ2) is 2.70. The van der Waals surface area contributed by atoms with Crippen LogP contribution in [0.2, 0.25) is 0 Å². The van der Waals surface area contributed by atoms with Gasteiger partial charge in [0.25, 0.3) is 0 Å². The van der Waals surface area contributed by atoms with E-state index in [0.717, 1.165) is 12.8 Å². The number of hydrogen-bond donors (Lipinski definition) is 0. The Bertz CT molecular complexity index is 80.6. The molecule has 53 valence electrons. The Labute approximate surface area is 57.1 Å². The third-order valence-corrected chi connectivity index (χ3v) is 2.63. The summed E-state index contributed by atoms with van der Waals surface area (Å²) in [5, 5.41) is 11.1. The minimum Gasteiger partial charge on any atom is -0.233 e. The van der Waals surface area contributed by atoms with Gasteiger partial charge in [0.15, 0.2) is 0 Å². The average Bonchev–Trinajstić information content (AvgIpc) is 1.83. The van der Waals surface area contributed by atoms with Crippen LogP contribution in [0, 0.1) is 11.8 Å². The molecule has 3 unspecified atom stereocenters. The highest BCUT2D eigenvalue weighted by Crippen LogP contribution is 2.29. The summed E-state index contributed by atoms with van der Waals surface area (Å²) in [6.07, 6.45) is 3.05. The van der Waals surface area contributed by atoms with Gasteiger partial charge in [-0.25, -0.2) is 5.11 Å². The van der Waals surface area contributed by atoms with Crippen molar-refractivity contribution in [1.82, 2.24) is 0 Å². The largest absolute Gasteiger partial charge is 0.233 e. The lowest BCUT2D eigenvalue weighted by Gasteiger charge is -2.28. The first-order valence-corrected chi connectivity index (χ1v) is 3.87. The van der Waals surface area contributed by atoms with Crippen LogP contribution in [0.3, 0.4) is 0 Å². The van der Waals surface area contributed by atoms with Gasteiger partial charge in [-0.2, -0.15) is 0 Å². The van der Waals surface area contributed by atoms with Gasteiger partial charge in [-0.15, -0.1) is 0 Å². The van der Waals surface area contributed by atoms with Gasteiger partial charge in [0.2, 0.25) is 0 Å². The van der Waals surface area contributed by atoms with Crippen molar-refractivity contribution < 1.29 is 5.11 Å². The summed E-state index contributed by atoms with van der Waals surface area (Å²) in [5.41, 5.74) is 0. The number of hydrogen-bond acceptors (Lipinski definition) is 0. The van der Waals surface area contributed by atoms with Crippen LogP contribution in [0.5, 0.6) is 0 Å². The van der Waals surface area contributed by atoms with Gasteiger partial charge in [-0.05, 0) is 18.3 Å². The third kappa shape index (κ3) is 1.45. The third-order valence-electron chi connectivity index (χ3n) is 2.63. The second-order valence-corrected chi connectivity index (χ2v) is 3.31. The minimum absolute atomic E-state index is 0.270. The first kappa shape index (κ1) is 7.07. The number of rotatable bonds is 0. The molecule has 1 fully saturated rings.